The molecule has 10 heavy (non-hydrogen) atoms. The van der Waals surface area contributed by atoms with E-state index in [0.717, 1.165) is 11.0 Å². The van der Waals surface area contributed by atoms with Crippen molar-refractivity contribution in [1.29, 1.82) is 0 Å². The molecule has 0 atom stereocenters. The second-order valence-electron chi connectivity index (χ2n) is 2.83. The Morgan fingerprint density at radius 1 is 1.40 bits per heavy atom. The van der Waals surface area contributed by atoms with Gasteiger partial charge in [0.2, 0.25) is 0 Å². The summed E-state index contributed by atoms with van der Waals surface area (Å²) >= 11 is 0. The predicted molar refractivity (Wildman–Crippen MR) is 38.3 cm³/mol. The van der Waals surface area contributed by atoms with Gasteiger partial charge in [0.25, 0.3) is 0 Å². The van der Waals surface area contributed by atoms with Gasteiger partial charge in [-0.3, -0.25) is 0 Å². The van der Waals surface area contributed by atoms with E-state index in [2.05, 4.69) is 21.1 Å². The maximum absolute atomic E-state index is 8.39. The Hall–Kier alpha value is -0.610. The molecule has 0 saturated carbocycles. The molecule has 0 aliphatic rings. The predicted octanol–water partition coefficient (Wildman–Crippen LogP) is -0.703. The lowest BCUT2D eigenvalue weighted by atomic mass is 10.5. The van der Waals surface area contributed by atoms with Gasteiger partial charge >= 0.3 is 0 Å². The van der Waals surface area contributed by atoms with Crippen LogP contribution in [0.5, 0.6) is 0 Å². The number of hydrogen-bond donors (Lipinski definition) is 2. The third-order valence-electron chi connectivity index (χ3n) is 0.771. The highest BCUT2D eigenvalue weighted by molar-refractivity contribution is 5.34. The maximum Gasteiger partial charge on any atom is 0.101 e. The molecule has 0 rings (SSSR count). The fraction of sp³-hybridized carbons (Fsp3) is 0.833. The average molecular weight is 149 g/mol. The molecule has 0 aliphatic carbocycles. The summed E-state index contributed by atoms with van der Waals surface area (Å²) in [6, 6.07) is 0. The third kappa shape index (κ3) is 26.3. The first-order valence-electron chi connectivity index (χ1n) is 2.90. The molecule has 0 aliphatic heterocycles. The standard InChI is InChI=1S/C5H14NO.CHO2/c1-6(2,3)4-5-7;2-1-3/h7H,4-5H2,1-3H3;(H,2,3)/q+1;-1. The van der Waals surface area contributed by atoms with Gasteiger partial charge in [-0.25, -0.2) is 0 Å². The quantitative estimate of drug-likeness (QED) is 0.403. The maximum atomic E-state index is 8.39. The highest BCUT2D eigenvalue weighted by Crippen LogP contribution is 1.84. The summed E-state index contributed by atoms with van der Waals surface area (Å²) in [7, 11) is 6.16. The summed E-state index contributed by atoms with van der Waals surface area (Å²) < 4.78 is 0.844. The van der Waals surface area contributed by atoms with E-state index < -0.39 is 0 Å². The van der Waals surface area contributed by atoms with Gasteiger partial charge in [-0.1, -0.05) is 6.47 Å². The van der Waals surface area contributed by atoms with Gasteiger partial charge < -0.3 is 19.5 Å². The van der Waals surface area contributed by atoms with E-state index in [0.29, 0.717) is 6.47 Å². The van der Waals surface area contributed by atoms with Gasteiger partial charge in [-0.15, -0.1) is 0 Å². The Morgan fingerprint density at radius 2 is 1.70 bits per heavy atom. The fourth-order valence-corrected chi connectivity index (χ4v) is 0.300. The van der Waals surface area contributed by atoms with Crippen molar-refractivity contribution in [3.63, 3.8) is 0 Å². The summed E-state index contributed by atoms with van der Waals surface area (Å²) in [5.41, 5.74) is 0. The van der Waals surface area contributed by atoms with Crippen molar-refractivity contribution < 1.29 is 19.5 Å². The van der Waals surface area contributed by atoms with Crippen molar-refractivity contribution in [2.75, 3.05) is 34.3 Å². The Morgan fingerprint density at radius 3 is 1.70 bits per heavy atom. The van der Waals surface area contributed by atoms with Crippen molar-refractivity contribution in [3.05, 3.63) is 0 Å². The van der Waals surface area contributed by atoms with E-state index in [9.17, 15) is 0 Å². The zero-order valence-electron chi connectivity index (χ0n) is 6.66. The molecule has 0 fully saturated rings. The van der Waals surface area contributed by atoms with E-state index in [1.807, 2.05) is 0 Å². The molecule has 62 valence electrons. The van der Waals surface area contributed by atoms with Gasteiger partial charge in [0.1, 0.15) is 6.54 Å². The summed E-state index contributed by atoms with van der Waals surface area (Å²) in [5.74, 6) is 0. The SMILES string of the molecule is C[N+](C)(C)CCO.O=[C-]O. The van der Waals surface area contributed by atoms with Crippen LogP contribution in [0.1, 0.15) is 0 Å². The first-order chi connectivity index (χ1) is 4.47. The van der Waals surface area contributed by atoms with Crippen LogP contribution in [0.3, 0.4) is 0 Å². The Balaban J connectivity index is 0. The number of nitrogens with zero attached hydrogens (tertiary/aromatic N) is 1. The fourth-order valence-electron chi connectivity index (χ4n) is 0.300. The van der Waals surface area contributed by atoms with E-state index >= 15 is 0 Å². The number of quaternary nitrogens is 1. The highest BCUT2D eigenvalue weighted by atomic mass is 16.3. The van der Waals surface area contributed by atoms with Crippen molar-refractivity contribution in [3.8, 4) is 0 Å². The van der Waals surface area contributed by atoms with Crippen LogP contribution in [-0.2, 0) is 4.79 Å². The Labute approximate surface area is 61.3 Å². The number of rotatable bonds is 2. The number of aliphatic hydroxyl groups is 1. The smallest absolute Gasteiger partial charge is 0.101 e. The summed E-state index contributed by atoms with van der Waals surface area (Å²) in [6.07, 6.45) is 0. The zero-order valence-corrected chi connectivity index (χ0v) is 6.66. The third-order valence-corrected chi connectivity index (χ3v) is 0.771. The van der Waals surface area contributed by atoms with Crippen LogP contribution in [-0.4, -0.2) is 55.5 Å². The minimum Gasteiger partial charge on any atom is -0.665 e. The molecular formula is C6H15NO3. The Kier molecular flexibility index (Phi) is 7.88. The molecular weight excluding hydrogens is 134 g/mol. The minimum absolute atomic E-state index is 0.281. The van der Waals surface area contributed by atoms with Crippen LogP contribution < -0.4 is 0 Å². The van der Waals surface area contributed by atoms with Crippen LogP contribution >= 0.6 is 0 Å². The number of aliphatic hydroxyl groups excluding tert-OH is 2. The van der Waals surface area contributed by atoms with Crippen LogP contribution in [0.4, 0.5) is 0 Å². The first kappa shape index (κ1) is 12.1. The van der Waals surface area contributed by atoms with E-state index in [4.69, 9.17) is 15.0 Å². The topological polar surface area (TPSA) is 57.5 Å². The lowest BCUT2D eigenvalue weighted by Gasteiger charge is -2.21. The molecule has 0 radical (unpaired) electrons. The molecule has 0 aromatic carbocycles. The molecule has 0 amide bonds. The molecule has 0 saturated heterocycles. The second-order valence-corrected chi connectivity index (χ2v) is 2.83. The molecule has 0 bridgehead atoms. The van der Waals surface area contributed by atoms with Crippen LogP contribution in [0.25, 0.3) is 0 Å². The van der Waals surface area contributed by atoms with Crippen molar-refractivity contribution in [2.24, 2.45) is 0 Å². The summed E-state index contributed by atoms with van der Waals surface area (Å²) in [4.78, 5) is 8.24. The lowest BCUT2D eigenvalue weighted by molar-refractivity contribution is -0.870. The minimum atomic E-state index is 0.281. The molecule has 0 unspecified atom stereocenters. The molecule has 0 spiro atoms. The molecule has 0 aromatic rings. The van der Waals surface area contributed by atoms with Crippen molar-refractivity contribution in [1.82, 2.24) is 0 Å². The molecule has 4 nitrogen and oxygen atoms in total. The van der Waals surface area contributed by atoms with Gasteiger partial charge in [-0.2, -0.15) is 0 Å². The number of hydrogen-bond acceptors (Lipinski definition) is 2. The van der Waals surface area contributed by atoms with E-state index in [-0.39, 0.29) is 6.61 Å². The van der Waals surface area contributed by atoms with Crippen molar-refractivity contribution >= 4 is 6.47 Å². The van der Waals surface area contributed by atoms with Gasteiger partial charge in [0.15, 0.2) is 0 Å². The van der Waals surface area contributed by atoms with Crippen LogP contribution in [0, 0.1) is 0 Å². The Bertz CT molecular complexity index is 77.6. The molecule has 0 aromatic heterocycles. The second kappa shape index (κ2) is 6.51. The van der Waals surface area contributed by atoms with E-state index in [1.54, 1.807) is 0 Å². The summed E-state index contributed by atoms with van der Waals surface area (Å²) in [6.45, 7) is 1.61. The van der Waals surface area contributed by atoms with Crippen LogP contribution in [0.15, 0.2) is 0 Å². The largest absolute Gasteiger partial charge is 0.665 e. The highest BCUT2D eigenvalue weighted by Gasteiger charge is 2.02. The average Bonchev–Trinajstić information content (AvgIpc) is 1.63. The molecule has 0 heterocycles. The normalized spacial score (nSPS) is 9.60. The zero-order chi connectivity index (χ0) is 8.62. The molecule has 2 N–H and O–H groups in total. The first-order valence-corrected chi connectivity index (χ1v) is 2.90. The number of likely N-dealkylation sites (N-methyl/N-ethyl adjacent to an activating group) is 1. The van der Waals surface area contributed by atoms with Crippen molar-refractivity contribution in [2.45, 2.75) is 0 Å². The van der Waals surface area contributed by atoms with Gasteiger partial charge in [0, 0.05) is 0 Å². The lowest BCUT2D eigenvalue weighted by Crippen LogP contribution is -2.36. The monoisotopic (exact) mass is 149 g/mol. The van der Waals surface area contributed by atoms with Gasteiger partial charge in [-0.05, 0) is 0 Å². The van der Waals surface area contributed by atoms with E-state index in [1.165, 1.54) is 0 Å². The van der Waals surface area contributed by atoms with Gasteiger partial charge in [0.05, 0.1) is 27.7 Å². The van der Waals surface area contributed by atoms with Crippen LogP contribution in [0.2, 0.25) is 0 Å². The summed E-state index contributed by atoms with van der Waals surface area (Å²) in [5, 5.41) is 15.2. The molecule has 4 heteroatoms.